The molecule has 2 rings (SSSR count). The second-order valence-electron chi connectivity index (χ2n) is 4.26. The molecule has 1 heteroatoms. The quantitative estimate of drug-likeness (QED) is 0.644. The maximum absolute atomic E-state index is 9.86. The number of aryl methyl sites for hydroxylation is 1. The van der Waals surface area contributed by atoms with Crippen LogP contribution in [0.15, 0.2) is 18.2 Å². The first-order valence-electron chi connectivity index (χ1n) is 4.94. The van der Waals surface area contributed by atoms with E-state index in [0.717, 1.165) is 18.4 Å². The van der Waals surface area contributed by atoms with Gasteiger partial charge in [0, 0.05) is 0 Å². The van der Waals surface area contributed by atoms with E-state index in [4.69, 9.17) is 0 Å². The van der Waals surface area contributed by atoms with E-state index in [2.05, 4.69) is 32.0 Å². The summed E-state index contributed by atoms with van der Waals surface area (Å²) in [7, 11) is 0. The fraction of sp³-hybridized carbons (Fsp3) is 0.500. The lowest BCUT2D eigenvalue weighted by Crippen LogP contribution is -2.16. The zero-order chi connectivity index (χ0) is 9.42. The minimum absolute atomic E-state index is 0.237. The molecule has 0 fully saturated rings. The van der Waals surface area contributed by atoms with Crippen LogP contribution in [0.3, 0.4) is 0 Å². The number of hydrogen-bond acceptors (Lipinski definition) is 1. The normalized spacial score (nSPS) is 27.0. The van der Waals surface area contributed by atoms with Crippen LogP contribution in [0, 0.1) is 12.8 Å². The molecular weight excluding hydrogens is 160 g/mol. The van der Waals surface area contributed by atoms with Crippen molar-refractivity contribution in [3.05, 3.63) is 34.9 Å². The largest absolute Gasteiger partial charge is 0.388 e. The lowest BCUT2D eigenvalue weighted by Gasteiger charge is -2.26. The van der Waals surface area contributed by atoms with Gasteiger partial charge >= 0.3 is 0 Å². The molecule has 0 bridgehead atoms. The van der Waals surface area contributed by atoms with E-state index in [1.807, 2.05) is 0 Å². The Morgan fingerprint density at radius 3 is 2.92 bits per heavy atom. The Hall–Kier alpha value is -0.820. The van der Waals surface area contributed by atoms with Gasteiger partial charge in [0.15, 0.2) is 0 Å². The van der Waals surface area contributed by atoms with Gasteiger partial charge in [-0.3, -0.25) is 0 Å². The number of rotatable bonds is 0. The van der Waals surface area contributed by atoms with Crippen LogP contribution in [0.2, 0.25) is 0 Å². The first-order valence-corrected chi connectivity index (χ1v) is 4.94. The van der Waals surface area contributed by atoms with Crippen LogP contribution in [-0.2, 0) is 6.42 Å². The lowest BCUT2D eigenvalue weighted by molar-refractivity contribution is 0.136. The van der Waals surface area contributed by atoms with Crippen molar-refractivity contribution in [1.82, 2.24) is 0 Å². The maximum atomic E-state index is 9.86. The SMILES string of the molecule is Cc1ccc2c(c1)[C@@H](O)C[C@@H](C)C2. The van der Waals surface area contributed by atoms with Crippen LogP contribution in [0.4, 0.5) is 0 Å². The highest BCUT2D eigenvalue weighted by Crippen LogP contribution is 2.33. The van der Waals surface area contributed by atoms with E-state index in [9.17, 15) is 5.11 Å². The van der Waals surface area contributed by atoms with Gasteiger partial charge in [-0.25, -0.2) is 0 Å². The summed E-state index contributed by atoms with van der Waals surface area (Å²) in [5, 5.41) is 9.86. The maximum Gasteiger partial charge on any atom is 0.0795 e. The van der Waals surface area contributed by atoms with E-state index in [1.165, 1.54) is 11.1 Å². The number of fused-ring (bicyclic) bond motifs is 1. The number of hydrogen-bond donors (Lipinski definition) is 1. The first kappa shape index (κ1) is 8.76. The summed E-state index contributed by atoms with van der Waals surface area (Å²) in [5.41, 5.74) is 3.72. The first-order chi connectivity index (χ1) is 6.16. The minimum Gasteiger partial charge on any atom is -0.388 e. The van der Waals surface area contributed by atoms with Crippen molar-refractivity contribution < 1.29 is 5.11 Å². The third-order valence-corrected chi connectivity index (χ3v) is 2.85. The molecule has 1 aromatic rings. The van der Waals surface area contributed by atoms with E-state index in [-0.39, 0.29) is 6.10 Å². The molecule has 0 heterocycles. The Labute approximate surface area is 79.4 Å². The molecule has 2 atom stereocenters. The van der Waals surface area contributed by atoms with Gasteiger partial charge in [0.1, 0.15) is 0 Å². The molecule has 0 radical (unpaired) electrons. The second kappa shape index (κ2) is 3.15. The van der Waals surface area contributed by atoms with E-state index in [1.54, 1.807) is 0 Å². The Kier molecular flexibility index (Phi) is 2.12. The predicted molar refractivity (Wildman–Crippen MR) is 53.6 cm³/mol. The summed E-state index contributed by atoms with van der Waals surface area (Å²) < 4.78 is 0. The zero-order valence-electron chi connectivity index (χ0n) is 8.25. The van der Waals surface area contributed by atoms with Crippen LogP contribution in [0.25, 0.3) is 0 Å². The third kappa shape index (κ3) is 1.61. The monoisotopic (exact) mass is 176 g/mol. The summed E-state index contributed by atoms with van der Waals surface area (Å²) in [4.78, 5) is 0. The number of aliphatic hydroxyl groups excluding tert-OH is 1. The molecular formula is C12H16O. The summed E-state index contributed by atoms with van der Waals surface area (Å²) in [6.45, 7) is 4.27. The molecule has 0 spiro atoms. The summed E-state index contributed by atoms with van der Waals surface area (Å²) >= 11 is 0. The third-order valence-electron chi connectivity index (χ3n) is 2.85. The van der Waals surface area contributed by atoms with E-state index >= 15 is 0 Å². The van der Waals surface area contributed by atoms with Crippen molar-refractivity contribution in [2.45, 2.75) is 32.8 Å². The van der Waals surface area contributed by atoms with Gasteiger partial charge in [-0.05, 0) is 36.8 Å². The minimum atomic E-state index is -0.237. The van der Waals surface area contributed by atoms with Crippen molar-refractivity contribution in [1.29, 1.82) is 0 Å². The molecule has 1 nitrogen and oxygen atoms in total. The Morgan fingerprint density at radius 2 is 2.15 bits per heavy atom. The fourth-order valence-electron chi connectivity index (χ4n) is 2.18. The summed E-state index contributed by atoms with van der Waals surface area (Å²) in [6.07, 6.45) is 1.79. The average molecular weight is 176 g/mol. The molecule has 70 valence electrons. The lowest BCUT2D eigenvalue weighted by atomic mass is 9.82. The zero-order valence-corrected chi connectivity index (χ0v) is 8.25. The van der Waals surface area contributed by atoms with E-state index in [0.29, 0.717) is 5.92 Å². The Bertz CT molecular complexity index is 317. The van der Waals surface area contributed by atoms with Crippen LogP contribution >= 0.6 is 0 Å². The molecule has 0 aliphatic heterocycles. The van der Waals surface area contributed by atoms with Gasteiger partial charge in [0.05, 0.1) is 6.10 Å². The second-order valence-corrected chi connectivity index (χ2v) is 4.26. The molecule has 1 aliphatic carbocycles. The summed E-state index contributed by atoms with van der Waals surface area (Å²) in [5.74, 6) is 0.616. The average Bonchev–Trinajstić information content (AvgIpc) is 2.06. The van der Waals surface area contributed by atoms with Gasteiger partial charge in [-0.15, -0.1) is 0 Å². The predicted octanol–water partition coefficient (Wildman–Crippen LogP) is 2.61. The van der Waals surface area contributed by atoms with Crippen molar-refractivity contribution in [3.63, 3.8) is 0 Å². The van der Waals surface area contributed by atoms with Crippen molar-refractivity contribution >= 4 is 0 Å². The topological polar surface area (TPSA) is 20.2 Å². The molecule has 1 N–H and O–H groups in total. The highest BCUT2D eigenvalue weighted by atomic mass is 16.3. The Morgan fingerprint density at radius 1 is 1.38 bits per heavy atom. The van der Waals surface area contributed by atoms with E-state index < -0.39 is 0 Å². The van der Waals surface area contributed by atoms with Gasteiger partial charge in [0.25, 0.3) is 0 Å². The molecule has 13 heavy (non-hydrogen) atoms. The van der Waals surface area contributed by atoms with Crippen molar-refractivity contribution in [2.75, 3.05) is 0 Å². The standard InChI is InChI=1S/C12H16O/c1-8-3-4-10-5-9(2)7-12(13)11(10)6-8/h3-4,6,9,12-13H,5,7H2,1-2H3/t9-,12-/m0/s1. The summed E-state index contributed by atoms with van der Waals surface area (Å²) in [6, 6.07) is 6.40. The van der Waals surface area contributed by atoms with Gasteiger partial charge in [-0.1, -0.05) is 30.7 Å². The highest BCUT2D eigenvalue weighted by Gasteiger charge is 2.22. The molecule has 0 saturated carbocycles. The molecule has 0 aromatic heterocycles. The van der Waals surface area contributed by atoms with Crippen LogP contribution in [-0.4, -0.2) is 5.11 Å². The number of aliphatic hydroxyl groups is 1. The number of benzene rings is 1. The smallest absolute Gasteiger partial charge is 0.0795 e. The Balaban J connectivity index is 2.43. The molecule has 0 unspecified atom stereocenters. The van der Waals surface area contributed by atoms with Crippen LogP contribution in [0.5, 0.6) is 0 Å². The van der Waals surface area contributed by atoms with Crippen LogP contribution in [0.1, 0.15) is 36.1 Å². The fourth-order valence-corrected chi connectivity index (χ4v) is 2.18. The highest BCUT2D eigenvalue weighted by molar-refractivity contribution is 5.35. The van der Waals surface area contributed by atoms with Gasteiger partial charge < -0.3 is 5.11 Å². The molecule has 1 aliphatic rings. The van der Waals surface area contributed by atoms with Gasteiger partial charge in [-0.2, -0.15) is 0 Å². The molecule has 1 aromatic carbocycles. The molecule has 0 saturated heterocycles. The van der Waals surface area contributed by atoms with Gasteiger partial charge in [0.2, 0.25) is 0 Å². The van der Waals surface area contributed by atoms with Crippen LogP contribution < -0.4 is 0 Å². The van der Waals surface area contributed by atoms with Crippen molar-refractivity contribution in [3.8, 4) is 0 Å². The van der Waals surface area contributed by atoms with Crippen molar-refractivity contribution in [2.24, 2.45) is 5.92 Å². The molecule has 0 amide bonds.